The smallest absolute Gasteiger partial charge is 0.291 e. The molecule has 1 unspecified atom stereocenters. The van der Waals surface area contributed by atoms with Crippen LogP contribution in [0.2, 0.25) is 0 Å². The molecule has 14 nitrogen and oxygen atoms in total. The molecule has 12 N–H and O–H groups in total. The predicted octanol–water partition coefficient (Wildman–Crippen LogP) is -0.210. The number of nitrogens with two attached hydrogens (primary N) is 1. The van der Waals surface area contributed by atoms with Crippen LogP contribution >= 0.6 is 11.3 Å². The first kappa shape index (κ1) is 28.9. The maximum atomic E-state index is 12.3. The highest BCUT2D eigenvalue weighted by Crippen LogP contribution is 2.50. The summed E-state index contributed by atoms with van der Waals surface area (Å²) in [5, 5.41) is 87.3. The fraction of sp³-hybridized carbons (Fsp3) is 0.304. The molecule has 0 aliphatic rings. The number of thiazole rings is 1. The molecule has 1 aromatic heterocycles. The van der Waals surface area contributed by atoms with Gasteiger partial charge in [-0.2, -0.15) is 0 Å². The van der Waals surface area contributed by atoms with Gasteiger partial charge in [-0.1, -0.05) is 12.1 Å². The van der Waals surface area contributed by atoms with E-state index < -0.39 is 46.7 Å². The van der Waals surface area contributed by atoms with Crippen molar-refractivity contribution in [3.63, 3.8) is 0 Å². The quantitative estimate of drug-likeness (QED) is 0.0886. The van der Waals surface area contributed by atoms with Gasteiger partial charge in [-0.25, -0.2) is 4.98 Å². The molecule has 15 heteroatoms. The van der Waals surface area contributed by atoms with Gasteiger partial charge in [-0.15, -0.1) is 11.3 Å². The minimum absolute atomic E-state index is 0.0317. The summed E-state index contributed by atoms with van der Waals surface area (Å²) in [4.78, 5) is 16.0. The number of hydrogen-bond donors (Lipinski definition) is 11. The number of carbonyl (C=O) groups excluding carboxylic acids is 1. The summed E-state index contributed by atoms with van der Waals surface area (Å²) in [6.45, 7) is 1.24. The third-order valence-corrected chi connectivity index (χ3v) is 6.43. The minimum atomic E-state index is -2.89. The summed E-state index contributed by atoms with van der Waals surface area (Å²) in [6, 6.07) is 6.19. The minimum Gasteiger partial charge on any atom is -0.504 e. The van der Waals surface area contributed by atoms with Crippen LogP contribution in [0.4, 0.5) is 10.8 Å². The van der Waals surface area contributed by atoms with E-state index in [9.17, 15) is 45.6 Å². The molecule has 3 rings (SSSR count). The summed E-state index contributed by atoms with van der Waals surface area (Å²) in [6.07, 6.45) is -1.45. The lowest BCUT2D eigenvalue weighted by atomic mass is 9.97. The van der Waals surface area contributed by atoms with Gasteiger partial charge in [0.2, 0.25) is 11.5 Å². The van der Waals surface area contributed by atoms with Crippen LogP contribution in [0.15, 0.2) is 29.6 Å². The number of phenolic OH excluding ortho intramolecular Hbond substituents is 4. The topological polar surface area (TPSA) is 251 Å². The Balaban J connectivity index is 1.64. The molecule has 0 saturated carbocycles. The van der Waals surface area contributed by atoms with E-state index in [1.807, 2.05) is 0 Å². The fourth-order valence-corrected chi connectivity index (χ4v) is 4.26. The summed E-state index contributed by atoms with van der Waals surface area (Å²) in [7, 11) is 1.11. The third kappa shape index (κ3) is 5.73. The Kier molecular flexibility index (Phi) is 8.33. The molecule has 0 aliphatic carbocycles. The van der Waals surface area contributed by atoms with E-state index in [4.69, 9.17) is 10.5 Å². The second kappa shape index (κ2) is 11.0. The molecule has 2 aromatic carbocycles. The van der Waals surface area contributed by atoms with E-state index in [0.717, 1.165) is 18.4 Å². The van der Waals surface area contributed by atoms with Crippen LogP contribution in [0, 0.1) is 6.92 Å². The number of nitrogens with zero attached hydrogens (tertiary/aromatic N) is 1. The molecule has 38 heavy (non-hydrogen) atoms. The van der Waals surface area contributed by atoms with Gasteiger partial charge in [0, 0.05) is 35.8 Å². The van der Waals surface area contributed by atoms with Gasteiger partial charge in [-0.05, 0) is 31.0 Å². The second-order valence-corrected chi connectivity index (χ2v) is 9.24. The van der Waals surface area contributed by atoms with Gasteiger partial charge in [0.05, 0.1) is 0 Å². The van der Waals surface area contributed by atoms with Crippen LogP contribution in [-0.2, 0) is 21.7 Å². The Labute approximate surface area is 219 Å². The van der Waals surface area contributed by atoms with Gasteiger partial charge in [0.1, 0.15) is 5.69 Å². The third-order valence-electron chi connectivity index (χ3n) is 5.76. The molecular weight excluding hydrogens is 524 g/mol. The number of carbonyl (C=O) groups is 1. The van der Waals surface area contributed by atoms with E-state index in [-0.39, 0.29) is 40.6 Å². The molecule has 0 saturated heterocycles. The first-order valence-electron chi connectivity index (χ1n) is 11.0. The first-order chi connectivity index (χ1) is 17.7. The summed E-state index contributed by atoms with van der Waals surface area (Å²) < 4.78 is 5.11. The van der Waals surface area contributed by atoms with Crippen molar-refractivity contribution >= 4 is 28.1 Å². The number of methoxy groups -OCH3 is 1. The lowest BCUT2D eigenvalue weighted by Crippen LogP contribution is -2.51. The van der Waals surface area contributed by atoms with Gasteiger partial charge in [0.25, 0.3) is 17.6 Å². The van der Waals surface area contributed by atoms with E-state index in [2.05, 4.69) is 15.6 Å². The highest BCUT2D eigenvalue weighted by Gasteiger charge is 2.41. The van der Waals surface area contributed by atoms with Crippen LogP contribution in [0.3, 0.4) is 0 Å². The Bertz CT molecular complexity index is 1280. The number of anilines is 2. The van der Waals surface area contributed by atoms with Crippen molar-refractivity contribution in [3.8, 4) is 23.0 Å². The lowest BCUT2D eigenvalue weighted by Gasteiger charge is -2.32. The molecule has 0 aliphatic heterocycles. The summed E-state index contributed by atoms with van der Waals surface area (Å²) >= 11 is 0.944. The Morgan fingerprint density at radius 3 is 2.21 bits per heavy atom. The molecule has 1 amide bonds. The number of aromatic nitrogens is 1. The molecular formula is C23H28N4O10S. The number of phenols is 4. The number of aromatic hydroxyl groups is 4. The lowest BCUT2D eigenvalue weighted by molar-refractivity contribution is -0.255. The Morgan fingerprint density at radius 1 is 1.05 bits per heavy atom. The largest absolute Gasteiger partial charge is 0.504 e. The number of hydrogen-bond acceptors (Lipinski definition) is 14. The van der Waals surface area contributed by atoms with Crippen LogP contribution in [0.1, 0.15) is 28.5 Å². The average molecular weight is 553 g/mol. The predicted molar refractivity (Wildman–Crippen MR) is 134 cm³/mol. The highest BCUT2D eigenvalue weighted by atomic mass is 32.1. The van der Waals surface area contributed by atoms with Gasteiger partial charge >= 0.3 is 0 Å². The van der Waals surface area contributed by atoms with Crippen LogP contribution in [0.25, 0.3) is 0 Å². The molecule has 1 heterocycles. The van der Waals surface area contributed by atoms with Gasteiger partial charge < -0.3 is 56.6 Å². The summed E-state index contributed by atoms with van der Waals surface area (Å²) in [5.74, 6) is -10.5. The number of rotatable bonds is 10. The number of nitrogens with one attached hydrogen (secondary N) is 2. The van der Waals surface area contributed by atoms with Crippen molar-refractivity contribution in [1.29, 1.82) is 0 Å². The van der Waals surface area contributed by atoms with Crippen molar-refractivity contribution < 1.29 is 50.4 Å². The normalized spacial score (nSPS) is 12.9. The second-order valence-electron chi connectivity index (χ2n) is 8.35. The molecule has 0 fully saturated rings. The zero-order valence-corrected chi connectivity index (χ0v) is 21.0. The maximum Gasteiger partial charge on any atom is 0.291 e. The summed E-state index contributed by atoms with van der Waals surface area (Å²) in [5.41, 5.74) is 5.58. The molecule has 0 spiro atoms. The van der Waals surface area contributed by atoms with Crippen molar-refractivity contribution in [2.45, 2.75) is 31.1 Å². The Morgan fingerprint density at radius 2 is 1.66 bits per heavy atom. The average Bonchev–Trinajstić information content (AvgIpc) is 3.32. The van der Waals surface area contributed by atoms with E-state index in [1.165, 1.54) is 24.4 Å². The van der Waals surface area contributed by atoms with Gasteiger partial charge in [-0.3, -0.25) is 10.1 Å². The molecule has 1 atom stereocenters. The number of nitrogen functional groups attached to an aromatic ring is 1. The first-order valence-corrected chi connectivity index (χ1v) is 11.8. The number of benzene rings is 2. The number of ether oxygens (including phenoxy) is 1. The maximum absolute atomic E-state index is 12.3. The molecule has 206 valence electrons. The zero-order chi connectivity index (χ0) is 28.4. The SMILES string of the molecule is COC(c1c(C)c(O)c(O)c(O)c1O)C(O)(O)NCCc1ccc(NC(=O)C(O)(O)c2csc(N)n2)cc1. The monoisotopic (exact) mass is 552 g/mol. The van der Waals surface area contributed by atoms with Crippen molar-refractivity contribution in [3.05, 3.63) is 52.0 Å². The van der Waals surface area contributed by atoms with Gasteiger partial charge in [0.15, 0.2) is 22.7 Å². The van der Waals surface area contributed by atoms with E-state index >= 15 is 0 Å². The molecule has 0 bridgehead atoms. The van der Waals surface area contributed by atoms with E-state index in [0.29, 0.717) is 5.56 Å². The van der Waals surface area contributed by atoms with Crippen LogP contribution in [0.5, 0.6) is 23.0 Å². The fourth-order valence-electron chi connectivity index (χ4n) is 3.66. The number of aliphatic hydroxyl groups is 4. The van der Waals surface area contributed by atoms with Crippen molar-refractivity contribution in [2.75, 3.05) is 24.7 Å². The molecule has 3 aromatic rings. The Hall–Kier alpha value is -3.70. The zero-order valence-electron chi connectivity index (χ0n) is 20.2. The standard InChI is InChI=1S/C23H28N4O10S/c1-10-14(16(29)18(31)17(30)15(10)28)19(37-2)23(35,36)25-8-7-11-3-5-12(6-4-11)26-20(32)22(33,34)13-9-38-21(24)27-13/h3-6,9,19,25,28-31,33-36H,7-8H2,1-2H3,(H2,24,27)(H,26,32). The highest BCUT2D eigenvalue weighted by molar-refractivity contribution is 7.13. The van der Waals surface area contributed by atoms with Crippen molar-refractivity contribution in [2.24, 2.45) is 0 Å². The van der Waals surface area contributed by atoms with Crippen molar-refractivity contribution in [1.82, 2.24) is 10.3 Å². The van der Waals surface area contributed by atoms with Crippen LogP contribution in [-0.4, -0.2) is 71.3 Å². The van der Waals surface area contributed by atoms with E-state index in [1.54, 1.807) is 12.1 Å². The number of amides is 1. The molecule has 0 radical (unpaired) electrons. The van der Waals surface area contributed by atoms with Crippen LogP contribution < -0.4 is 16.4 Å².